The topological polar surface area (TPSA) is 67.4 Å². The summed E-state index contributed by atoms with van der Waals surface area (Å²) in [7, 11) is 0. The molecule has 3 heterocycles. The van der Waals surface area contributed by atoms with E-state index < -0.39 is 0 Å². The molecule has 2 aromatic heterocycles. The highest BCUT2D eigenvalue weighted by Gasteiger charge is 2.22. The molecule has 26 heavy (non-hydrogen) atoms. The Balaban J connectivity index is 1.35. The summed E-state index contributed by atoms with van der Waals surface area (Å²) in [4.78, 5) is 23.1. The van der Waals surface area contributed by atoms with Gasteiger partial charge in [0.15, 0.2) is 0 Å². The summed E-state index contributed by atoms with van der Waals surface area (Å²) in [5.74, 6) is 0.814. The first-order valence-corrected chi connectivity index (χ1v) is 9.45. The normalized spacial score (nSPS) is 17.5. The minimum absolute atomic E-state index is 0.0448. The Morgan fingerprint density at radius 3 is 2.96 bits per heavy atom. The minimum atomic E-state index is 0.0448. The van der Waals surface area contributed by atoms with Crippen molar-refractivity contribution in [2.45, 2.75) is 25.9 Å². The summed E-state index contributed by atoms with van der Waals surface area (Å²) < 4.78 is 5.86. The largest absolute Gasteiger partial charge is 0.431 e. The number of fused-ring (bicyclic) bond motifs is 1. The average Bonchev–Trinajstić information content (AvgIpc) is 3.22. The molecule has 1 saturated heterocycles. The number of ether oxygens (including phenoxy) is 1. The number of hydrogen-bond donors (Lipinski definition) is 1. The number of nitrogens with zero attached hydrogens (tertiary/aromatic N) is 3. The average molecular weight is 368 g/mol. The summed E-state index contributed by atoms with van der Waals surface area (Å²) in [5.41, 5.74) is 2.08. The van der Waals surface area contributed by atoms with Crippen molar-refractivity contribution in [1.82, 2.24) is 20.2 Å². The monoisotopic (exact) mass is 368 g/mol. The Bertz CT molecular complexity index is 876. The summed E-state index contributed by atoms with van der Waals surface area (Å²) in [6.07, 6.45) is 2.76. The smallest absolute Gasteiger partial charge is 0.281 e. The van der Waals surface area contributed by atoms with Crippen molar-refractivity contribution in [2.75, 3.05) is 13.1 Å². The van der Waals surface area contributed by atoms with Gasteiger partial charge in [-0.3, -0.25) is 9.69 Å². The fourth-order valence-corrected chi connectivity index (χ4v) is 3.98. The van der Waals surface area contributed by atoms with E-state index in [1.54, 1.807) is 13.1 Å². The lowest BCUT2D eigenvalue weighted by Gasteiger charge is -2.16. The van der Waals surface area contributed by atoms with E-state index in [9.17, 15) is 4.79 Å². The predicted octanol–water partition coefficient (Wildman–Crippen LogP) is 3.19. The second-order valence-electron chi connectivity index (χ2n) is 6.47. The Kier molecular flexibility index (Phi) is 4.81. The maximum Gasteiger partial charge on any atom is 0.281 e. The van der Waals surface area contributed by atoms with Crippen molar-refractivity contribution in [3.05, 3.63) is 48.2 Å². The molecule has 7 heteroatoms. The van der Waals surface area contributed by atoms with Crippen LogP contribution in [-0.2, 0) is 11.3 Å². The molecule has 0 spiro atoms. The first-order valence-electron chi connectivity index (χ1n) is 8.63. The van der Waals surface area contributed by atoms with Crippen molar-refractivity contribution in [2.24, 2.45) is 0 Å². The first kappa shape index (κ1) is 16.9. The molecule has 0 bridgehead atoms. The number of rotatable bonds is 5. The molecular weight excluding hydrogens is 348 g/mol. The zero-order valence-electron chi connectivity index (χ0n) is 14.5. The van der Waals surface area contributed by atoms with Crippen molar-refractivity contribution < 1.29 is 9.53 Å². The Morgan fingerprint density at radius 2 is 2.19 bits per heavy atom. The van der Waals surface area contributed by atoms with E-state index in [1.165, 1.54) is 16.9 Å². The molecule has 1 amide bonds. The molecule has 1 N–H and O–H groups in total. The van der Waals surface area contributed by atoms with Gasteiger partial charge in [0.25, 0.3) is 5.19 Å². The molecule has 1 fully saturated rings. The highest BCUT2D eigenvalue weighted by atomic mass is 32.1. The van der Waals surface area contributed by atoms with Crippen LogP contribution in [0.5, 0.6) is 10.9 Å². The standard InChI is InChI=1S/C19H20N4O2S/c1-13(24)21-15-8-10-23(12-15)11-14-4-6-16(7-5-14)25-19-22-17-3-2-9-20-18(17)26-19/h2-7,9,15H,8,10-12H2,1H3,(H,21,24)/t15-/m0/s1. The van der Waals surface area contributed by atoms with Gasteiger partial charge in [-0.2, -0.15) is 0 Å². The summed E-state index contributed by atoms with van der Waals surface area (Å²) in [6, 6.07) is 12.2. The lowest BCUT2D eigenvalue weighted by atomic mass is 10.2. The van der Waals surface area contributed by atoms with Crippen molar-refractivity contribution in [3.63, 3.8) is 0 Å². The summed E-state index contributed by atoms with van der Waals surface area (Å²) in [5, 5.41) is 3.59. The Morgan fingerprint density at radius 1 is 1.35 bits per heavy atom. The van der Waals surface area contributed by atoms with Gasteiger partial charge in [0, 0.05) is 38.8 Å². The molecule has 4 rings (SSSR count). The fourth-order valence-electron chi connectivity index (χ4n) is 3.20. The number of likely N-dealkylation sites (tertiary alicyclic amines) is 1. The fraction of sp³-hybridized carbons (Fsp3) is 0.316. The van der Waals surface area contributed by atoms with Gasteiger partial charge in [-0.15, -0.1) is 0 Å². The second-order valence-corrected chi connectivity index (χ2v) is 7.41. The van der Waals surface area contributed by atoms with Crippen LogP contribution in [0.3, 0.4) is 0 Å². The summed E-state index contributed by atoms with van der Waals surface area (Å²) in [6.45, 7) is 4.35. The third-order valence-electron chi connectivity index (χ3n) is 4.36. The van der Waals surface area contributed by atoms with Gasteiger partial charge in [-0.05, 0) is 36.2 Å². The molecule has 134 valence electrons. The van der Waals surface area contributed by atoms with Crippen LogP contribution in [0, 0.1) is 0 Å². The van der Waals surface area contributed by atoms with Crippen LogP contribution in [0.25, 0.3) is 10.3 Å². The Hall–Kier alpha value is -2.51. The van der Waals surface area contributed by atoms with Gasteiger partial charge in [-0.25, -0.2) is 9.97 Å². The molecule has 0 aliphatic carbocycles. The van der Waals surface area contributed by atoms with E-state index in [0.717, 1.165) is 42.2 Å². The van der Waals surface area contributed by atoms with E-state index in [4.69, 9.17) is 4.74 Å². The predicted molar refractivity (Wildman–Crippen MR) is 101 cm³/mol. The number of hydrogen-bond acceptors (Lipinski definition) is 6. The van der Waals surface area contributed by atoms with Gasteiger partial charge in [0.1, 0.15) is 16.1 Å². The van der Waals surface area contributed by atoms with E-state index >= 15 is 0 Å². The molecule has 0 saturated carbocycles. The maximum atomic E-state index is 11.2. The molecule has 1 atom stereocenters. The molecule has 1 aliphatic heterocycles. The molecule has 1 aliphatic rings. The molecule has 3 aromatic rings. The maximum absolute atomic E-state index is 11.2. The first-order chi connectivity index (χ1) is 12.7. The van der Waals surface area contributed by atoms with Crippen molar-refractivity contribution >= 4 is 27.6 Å². The van der Waals surface area contributed by atoms with Gasteiger partial charge in [-0.1, -0.05) is 23.5 Å². The van der Waals surface area contributed by atoms with Crippen LogP contribution in [0.15, 0.2) is 42.6 Å². The number of amides is 1. The zero-order chi connectivity index (χ0) is 17.9. The third-order valence-corrected chi connectivity index (χ3v) is 5.22. The van der Waals surface area contributed by atoms with Crippen LogP contribution < -0.4 is 10.1 Å². The van der Waals surface area contributed by atoms with Crippen LogP contribution in [0.1, 0.15) is 18.9 Å². The lowest BCUT2D eigenvalue weighted by molar-refractivity contribution is -0.119. The second kappa shape index (κ2) is 7.39. The number of thiazole rings is 1. The van der Waals surface area contributed by atoms with Crippen LogP contribution in [0.4, 0.5) is 0 Å². The van der Waals surface area contributed by atoms with Gasteiger partial charge in [0.2, 0.25) is 5.91 Å². The van der Waals surface area contributed by atoms with E-state index in [2.05, 4.69) is 32.3 Å². The molecule has 0 unspecified atom stereocenters. The lowest BCUT2D eigenvalue weighted by Crippen LogP contribution is -2.35. The quantitative estimate of drug-likeness (QED) is 0.749. The molecular formula is C19H20N4O2S. The van der Waals surface area contributed by atoms with Crippen molar-refractivity contribution in [1.29, 1.82) is 0 Å². The SMILES string of the molecule is CC(=O)N[C@H]1CCN(Cc2ccc(Oc3nc4cccnc4s3)cc2)C1. The summed E-state index contributed by atoms with van der Waals surface area (Å²) >= 11 is 1.44. The van der Waals surface area contributed by atoms with Gasteiger partial charge < -0.3 is 10.1 Å². The minimum Gasteiger partial charge on any atom is -0.431 e. The number of pyridine rings is 1. The zero-order valence-corrected chi connectivity index (χ0v) is 15.3. The highest BCUT2D eigenvalue weighted by Crippen LogP contribution is 2.30. The highest BCUT2D eigenvalue weighted by molar-refractivity contribution is 7.19. The van der Waals surface area contributed by atoms with Gasteiger partial charge in [0.05, 0.1) is 0 Å². The van der Waals surface area contributed by atoms with Crippen LogP contribution >= 0.6 is 11.3 Å². The molecule has 6 nitrogen and oxygen atoms in total. The van der Waals surface area contributed by atoms with Crippen LogP contribution in [0.2, 0.25) is 0 Å². The van der Waals surface area contributed by atoms with Gasteiger partial charge >= 0.3 is 0 Å². The Labute approximate surface area is 155 Å². The molecule has 0 radical (unpaired) electrons. The number of nitrogens with one attached hydrogen (secondary N) is 1. The molecule has 1 aromatic carbocycles. The number of benzene rings is 1. The number of aromatic nitrogens is 2. The van der Waals surface area contributed by atoms with Crippen molar-refractivity contribution in [3.8, 4) is 10.9 Å². The van der Waals surface area contributed by atoms with E-state index in [0.29, 0.717) is 5.19 Å². The van der Waals surface area contributed by atoms with Crippen LogP contribution in [-0.4, -0.2) is 39.9 Å². The van der Waals surface area contributed by atoms with E-state index in [1.807, 2.05) is 24.3 Å². The number of carbonyl (C=O) groups excluding carboxylic acids is 1. The number of carbonyl (C=O) groups is 1. The third kappa shape index (κ3) is 4.00. The van der Waals surface area contributed by atoms with E-state index in [-0.39, 0.29) is 11.9 Å².